The van der Waals surface area contributed by atoms with E-state index in [0.717, 1.165) is 6.07 Å². The molecule has 0 aliphatic carbocycles. The quantitative estimate of drug-likeness (QED) is 0.932. The molecule has 2 aromatic rings. The minimum atomic E-state index is -4.50. The highest BCUT2D eigenvalue weighted by Crippen LogP contribution is 2.37. The first kappa shape index (κ1) is 14.8. The third kappa shape index (κ3) is 3.48. The highest BCUT2D eigenvalue weighted by Gasteiger charge is 2.34. The largest absolute Gasteiger partial charge is 0.497 e. The molecule has 110 valence electrons. The van der Waals surface area contributed by atoms with Crippen molar-refractivity contribution in [2.45, 2.75) is 12.7 Å². The number of ether oxygens (including phenoxy) is 1. The summed E-state index contributed by atoms with van der Waals surface area (Å²) in [6.07, 6.45) is -4.50. The van der Waals surface area contributed by atoms with Gasteiger partial charge in [0.15, 0.2) is 0 Å². The second-order valence-electron chi connectivity index (χ2n) is 4.14. The van der Waals surface area contributed by atoms with Crippen molar-refractivity contribution in [1.82, 2.24) is 0 Å². The number of nitriles is 1. The van der Waals surface area contributed by atoms with Crippen LogP contribution in [0.1, 0.15) is 17.1 Å². The van der Waals surface area contributed by atoms with Gasteiger partial charge in [-0.2, -0.15) is 18.4 Å². The van der Waals surface area contributed by atoms with Crippen LogP contribution in [0.3, 0.4) is 0 Å². The Bertz CT molecular complexity index is 672. The molecule has 0 atom stereocenters. The maximum atomic E-state index is 13.0. The molecule has 4 nitrogen and oxygen atoms in total. The van der Waals surface area contributed by atoms with Crippen LogP contribution in [-0.2, 0) is 12.7 Å². The number of hydrogen-bond acceptors (Lipinski definition) is 4. The molecule has 1 aromatic carbocycles. The number of rotatable bonds is 4. The first-order valence-electron chi connectivity index (χ1n) is 5.92. The number of alkyl halides is 3. The number of hydrogen-bond donors (Lipinski definition) is 1. The van der Waals surface area contributed by atoms with E-state index in [9.17, 15) is 13.2 Å². The Morgan fingerprint density at radius 1 is 1.29 bits per heavy atom. The first-order valence-corrected chi connectivity index (χ1v) is 5.92. The van der Waals surface area contributed by atoms with Crippen LogP contribution in [-0.4, -0.2) is 7.11 Å². The molecule has 0 spiro atoms. The molecule has 21 heavy (non-hydrogen) atoms. The molecule has 0 radical (unpaired) electrons. The summed E-state index contributed by atoms with van der Waals surface area (Å²) in [5, 5.41) is 11.3. The summed E-state index contributed by atoms with van der Waals surface area (Å²) in [5.74, 6) is 0.603. The van der Waals surface area contributed by atoms with E-state index in [-0.39, 0.29) is 23.7 Å². The molecule has 2 rings (SSSR count). The molecule has 7 heteroatoms. The van der Waals surface area contributed by atoms with Crippen LogP contribution in [0.2, 0.25) is 0 Å². The lowest BCUT2D eigenvalue weighted by Crippen LogP contribution is -2.11. The van der Waals surface area contributed by atoms with Gasteiger partial charge in [0.25, 0.3) is 0 Å². The molecule has 0 unspecified atom stereocenters. The second kappa shape index (κ2) is 5.79. The fraction of sp³-hybridized carbons (Fsp3) is 0.214. The highest BCUT2D eigenvalue weighted by atomic mass is 19.4. The van der Waals surface area contributed by atoms with Crippen LogP contribution in [0, 0.1) is 11.3 Å². The average Bonchev–Trinajstić information content (AvgIpc) is 2.92. The van der Waals surface area contributed by atoms with Crippen LogP contribution in [0.25, 0.3) is 0 Å². The van der Waals surface area contributed by atoms with E-state index in [1.54, 1.807) is 6.07 Å². The summed E-state index contributed by atoms with van der Waals surface area (Å²) < 4.78 is 48.9. The molecular weight excluding hydrogens is 285 g/mol. The molecular formula is C14H11F3N2O2. The lowest BCUT2D eigenvalue weighted by atomic mass is 10.1. The van der Waals surface area contributed by atoms with Crippen molar-refractivity contribution in [3.05, 3.63) is 47.4 Å². The molecule has 1 N–H and O–H groups in total. The summed E-state index contributed by atoms with van der Waals surface area (Å²) in [5.41, 5.74) is -0.910. The molecule has 0 bridgehead atoms. The predicted molar refractivity (Wildman–Crippen MR) is 68.7 cm³/mol. The van der Waals surface area contributed by atoms with Crippen molar-refractivity contribution < 1.29 is 22.3 Å². The van der Waals surface area contributed by atoms with Crippen molar-refractivity contribution >= 4 is 5.69 Å². The van der Waals surface area contributed by atoms with Crippen molar-refractivity contribution in [1.29, 1.82) is 5.26 Å². The Hall–Kier alpha value is -2.62. The van der Waals surface area contributed by atoms with Gasteiger partial charge in [0.05, 0.1) is 19.2 Å². The summed E-state index contributed by atoms with van der Waals surface area (Å²) in [6, 6.07) is 8.43. The van der Waals surface area contributed by atoms with Gasteiger partial charge in [-0.05, 0) is 30.3 Å². The normalized spacial score (nSPS) is 11.0. The minimum absolute atomic E-state index is 0.0388. The Balaban J connectivity index is 2.21. The maximum Gasteiger partial charge on any atom is 0.418 e. The fourth-order valence-corrected chi connectivity index (χ4v) is 1.75. The molecule has 0 aliphatic rings. The van der Waals surface area contributed by atoms with Gasteiger partial charge in [-0.25, -0.2) is 0 Å². The van der Waals surface area contributed by atoms with Gasteiger partial charge < -0.3 is 14.5 Å². The van der Waals surface area contributed by atoms with Crippen LogP contribution in [0.4, 0.5) is 18.9 Å². The standard InChI is InChI=1S/C14H11F3N2O2/c1-20-9-4-5-13(12(6-9)14(15,16)17)19-8-11-3-2-10(7-18)21-11/h2-6,19H,8H2,1H3. The van der Waals surface area contributed by atoms with Crippen LogP contribution in [0.15, 0.2) is 34.7 Å². The van der Waals surface area contributed by atoms with Crippen molar-refractivity contribution in [2.24, 2.45) is 0 Å². The fourth-order valence-electron chi connectivity index (χ4n) is 1.75. The van der Waals surface area contributed by atoms with Gasteiger partial charge >= 0.3 is 6.18 Å². The van der Waals surface area contributed by atoms with Crippen molar-refractivity contribution in [3.63, 3.8) is 0 Å². The highest BCUT2D eigenvalue weighted by molar-refractivity contribution is 5.55. The van der Waals surface area contributed by atoms with Gasteiger partial charge in [0.1, 0.15) is 17.6 Å². The molecule has 0 saturated carbocycles. The summed E-state index contributed by atoms with van der Waals surface area (Å²) >= 11 is 0. The smallest absolute Gasteiger partial charge is 0.418 e. The molecule has 0 aliphatic heterocycles. The summed E-state index contributed by atoms with van der Waals surface area (Å²) in [6.45, 7) is 0.0388. The number of halogens is 3. The van der Waals surface area contributed by atoms with E-state index in [2.05, 4.69) is 5.32 Å². The van der Waals surface area contributed by atoms with E-state index >= 15 is 0 Å². The Labute approximate surface area is 118 Å². The zero-order valence-electron chi connectivity index (χ0n) is 11.0. The number of benzene rings is 1. The molecule has 0 saturated heterocycles. The number of nitrogens with one attached hydrogen (secondary N) is 1. The summed E-state index contributed by atoms with van der Waals surface area (Å²) in [7, 11) is 1.30. The Morgan fingerprint density at radius 3 is 2.62 bits per heavy atom. The van der Waals surface area contributed by atoms with E-state index in [4.69, 9.17) is 14.4 Å². The minimum Gasteiger partial charge on any atom is -0.497 e. The lowest BCUT2D eigenvalue weighted by molar-refractivity contribution is -0.137. The third-order valence-corrected chi connectivity index (χ3v) is 2.76. The van der Waals surface area contributed by atoms with E-state index in [1.807, 2.05) is 0 Å². The van der Waals surface area contributed by atoms with E-state index < -0.39 is 11.7 Å². The second-order valence-corrected chi connectivity index (χ2v) is 4.14. The van der Waals surface area contributed by atoms with Crippen molar-refractivity contribution in [3.8, 4) is 11.8 Å². The average molecular weight is 296 g/mol. The number of anilines is 1. The van der Waals surface area contributed by atoms with Gasteiger partial charge in [-0.1, -0.05) is 0 Å². The predicted octanol–water partition coefficient (Wildman–Crippen LogP) is 3.79. The molecule has 1 aromatic heterocycles. The first-order chi connectivity index (χ1) is 9.94. The number of methoxy groups -OCH3 is 1. The third-order valence-electron chi connectivity index (χ3n) is 2.76. The molecule has 1 heterocycles. The van der Waals surface area contributed by atoms with Gasteiger partial charge in [0.2, 0.25) is 5.76 Å². The zero-order chi connectivity index (χ0) is 15.5. The van der Waals surface area contributed by atoms with Gasteiger partial charge in [0, 0.05) is 5.69 Å². The number of furan rings is 1. The van der Waals surface area contributed by atoms with Gasteiger partial charge in [-0.3, -0.25) is 0 Å². The lowest BCUT2D eigenvalue weighted by Gasteiger charge is -2.15. The monoisotopic (exact) mass is 296 g/mol. The molecule has 0 amide bonds. The Morgan fingerprint density at radius 2 is 2.05 bits per heavy atom. The SMILES string of the molecule is COc1ccc(NCc2ccc(C#N)o2)c(C(F)(F)F)c1. The molecule has 0 fully saturated rings. The topological polar surface area (TPSA) is 58.2 Å². The van der Waals surface area contributed by atoms with Crippen LogP contribution in [0.5, 0.6) is 5.75 Å². The Kier molecular flexibility index (Phi) is 4.08. The van der Waals surface area contributed by atoms with Gasteiger partial charge in [-0.15, -0.1) is 0 Å². The van der Waals surface area contributed by atoms with Crippen LogP contribution >= 0.6 is 0 Å². The van der Waals surface area contributed by atoms with Crippen molar-refractivity contribution in [2.75, 3.05) is 12.4 Å². The van der Waals surface area contributed by atoms with E-state index in [0.29, 0.717) is 5.76 Å². The summed E-state index contributed by atoms with van der Waals surface area (Å²) in [4.78, 5) is 0. The number of nitrogens with zero attached hydrogens (tertiary/aromatic N) is 1. The maximum absolute atomic E-state index is 13.0. The van der Waals surface area contributed by atoms with Crippen LogP contribution < -0.4 is 10.1 Å². The van der Waals surface area contributed by atoms with E-state index in [1.165, 1.54) is 31.4 Å². The zero-order valence-corrected chi connectivity index (χ0v) is 11.0.